The lowest BCUT2D eigenvalue weighted by molar-refractivity contribution is 0.625. The number of benzene rings is 1. The van der Waals surface area contributed by atoms with Gasteiger partial charge in [0.25, 0.3) is 0 Å². The van der Waals surface area contributed by atoms with Crippen LogP contribution in [-0.2, 0) is 0 Å². The van der Waals surface area contributed by atoms with Crippen molar-refractivity contribution in [2.24, 2.45) is 0 Å². The van der Waals surface area contributed by atoms with Crippen LogP contribution in [-0.4, -0.2) is 5.75 Å². The number of anilines is 1. The van der Waals surface area contributed by atoms with E-state index in [9.17, 15) is 4.39 Å². The van der Waals surface area contributed by atoms with E-state index in [4.69, 9.17) is 5.73 Å². The monoisotopic (exact) mass is 197 g/mol. The predicted molar refractivity (Wildman–Crippen MR) is 58.3 cm³/mol. The Balaban J connectivity index is 2.81. The number of allylic oxidation sites excluding steroid dienone is 1. The number of hydrogen-bond donors (Lipinski definition) is 2. The molecule has 0 fully saturated rings. The van der Waals surface area contributed by atoms with Gasteiger partial charge in [0.2, 0.25) is 0 Å². The maximum atomic E-state index is 13.1. The van der Waals surface area contributed by atoms with E-state index in [0.29, 0.717) is 11.3 Å². The first-order chi connectivity index (χ1) is 6.24. The Hall–Kier alpha value is -0.960. The van der Waals surface area contributed by atoms with E-state index in [1.165, 1.54) is 6.07 Å². The molecule has 70 valence electrons. The van der Waals surface area contributed by atoms with Crippen LogP contribution >= 0.6 is 12.6 Å². The van der Waals surface area contributed by atoms with Gasteiger partial charge in [-0.05, 0) is 30.4 Å². The van der Waals surface area contributed by atoms with Crippen molar-refractivity contribution >= 4 is 24.4 Å². The van der Waals surface area contributed by atoms with E-state index in [1.807, 2.05) is 6.08 Å². The van der Waals surface area contributed by atoms with Gasteiger partial charge in [-0.2, -0.15) is 12.6 Å². The van der Waals surface area contributed by atoms with Gasteiger partial charge in [-0.15, -0.1) is 0 Å². The average molecular weight is 197 g/mol. The van der Waals surface area contributed by atoms with Crippen molar-refractivity contribution in [1.29, 1.82) is 0 Å². The highest BCUT2D eigenvalue weighted by Gasteiger charge is 1.97. The highest BCUT2D eigenvalue weighted by atomic mass is 32.1. The molecule has 0 aliphatic heterocycles. The summed E-state index contributed by atoms with van der Waals surface area (Å²) in [7, 11) is 0. The topological polar surface area (TPSA) is 26.0 Å². The zero-order valence-corrected chi connectivity index (χ0v) is 8.10. The molecule has 1 rings (SSSR count). The molecule has 0 bridgehead atoms. The molecule has 0 spiro atoms. The number of nitrogen functional groups attached to an aromatic ring is 1. The second-order valence-electron chi connectivity index (χ2n) is 2.70. The molecular formula is C10H12FNS. The van der Waals surface area contributed by atoms with Gasteiger partial charge < -0.3 is 5.73 Å². The Morgan fingerprint density at radius 2 is 2.23 bits per heavy atom. The molecular weight excluding hydrogens is 185 g/mol. The van der Waals surface area contributed by atoms with Crippen LogP contribution in [0.15, 0.2) is 24.3 Å². The van der Waals surface area contributed by atoms with Gasteiger partial charge in [0.05, 0.1) is 0 Å². The molecule has 0 saturated carbocycles. The van der Waals surface area contributed by atoms with Gasteiger partial charge in [-0.25, -0.2) is 4.39 Å². The normalized spacial score (nSPS) is 10.9. The molecule has 13 heavy (non-hydrogen) atoms. The summed E-state index contributed by atoms with van der Waals surface area (Å²) in [6.07, 6.45) is 4.43. The predicted octanol–water partition coefficient (Wildman–Crippen LogP) is 2.74. The summed E-state index contributed by atoms with van der Waals surface area (Å²) < 4.78 is 13.1. The van der Waals surface area contributed by atoms with E-state index >= 15 is 0 Å². The first-order valence-electron chi connectivity index (χ1n) is 4.06. The van der Waals surface area contributed by atoms with Crippen LogP contribution in [0.2, 0.25) is 0 Å². The molecule has 1 aromatic rings. The quantitative estimate of drug-likeness (QED) is 0.565. The lowest BCUT2D eigenvalue weighted by atomic mass is 10.1. The van der Waals surface area contributed by atoms with Crippen LogP contribution < -0.4 is 5.73 Å². The molecule has 3 heteroatoms. The summed E-state index contributed by atoms with van der Waals surface area (Å²) in [6, 6.07) is 4.53. The van der Waals surface area contributed by atoms with Crippen molar-refractivity contribution in [3.8, 4) is 0 Å². The lowest BCUT2D eigenvalue weighted by Crippen LogP contribution is -1.88. The third-order valence-electron chi connectivity index (χ3n) is 1.61. The van der Waals surface area contributed by atoms with Gasteiger partial charge >= 0.3 is 0 Å². The van der Waals surface area contributed by atoms with Crippen molar-refractivity contribution in [3.05, 3.63) is 35.7 Å². The van der Waals surface area contributed by atoms with Gasteiger partial charge in [0.1, 0.15) is 5.82 Å². The third kappa shape index (κ3) is 3.11. The summed E-state index contributed by atoms with van der Waals surface area (Å²) in [6.45, 7) is 0. The molecule has 0 aliphatic rings. The van der Waals surface area contributed by atoms with Crippen LogP contribution in [0, 0.1) is 5.82 Å². The van der Waals surface area contributed by atoms with Gasteiger partial charge in [0.15, 0.2) is 0 Å². The van der Waals surface area contributed by atoms with Crippen molar-refractivity contribution in [2.75, 3.05) is 11.5 Å². The highest BCUT2D eigenvalue weighted by molar-refractivity contribution is 7.80. The summed E-state index contributed by atoms with van der Waals surface area (Å²) in [4.78, 5) is 0. The lowest BCUT2D eigenvalue weighted by Gasteiger charge is -1.98. The first-order valence-corrected chi connectivity index (χ1v) is 4.69. The van der Waals surface area contributed by atoms with E-state index in [1.54, 1.807) is 18.2 Å². The molecule has 1 nitrogen and oxygen atoms in total. The van der Waals surface area contributed by atoms with Gasteiger partial charge in [-0.1, -0.05) is 12.2 Å². The Morgan fingerprint density at radius 1 is 1.46 bits per heavy atom. The van der Waals surface area contributed by atoms with E-state index in [2.05, 4.69) is 12.6 Å². The highest BCUT2D eigenvalue weighted by Crippen LogP contribution is 2.13. The van der Waals surface area contributed by atoms with Gasteiger partial charge in [0, 0.05) is 11.3 Å². The molecule has 0 aromatic heterocycles. The van der Waals surface area contributed by atoms with Crippen molar-refractivity contribution in [1.82, 2.24) is 0 Å². The molecule has 0 saturated heterocycles. The molecule has 0 amide bonds. The molecule has 0 aliphatic carbocycles. The number of thiol groups is 1. The number of nitrogens with two attached hydrogens (primary N) is 1. The summed E-state index contributed by atoms with van der Waals surface area (Å²) in [5, 5.41) is 0. The molecule has 0 unspecified atom stereocenters. The number of rotatable bonds is 3. The van der Waals surface area contributed by atoms with E-state index in [-0.39, 0.29) is 5.82 Å². The fourth-order valence-corrected chi connectivity index (χ4v) is 1.12. The largest absolute Gasteiger partial charge is 0.399 e. The Morgan fingerprint density at radius 3 is 2.92 bits per heavy atom. The first kappa shape index (κ1) is 10.1. The molecule has 1 aromatic carbocycles. The number of halogens is 1. The third-order valence-corrected chi connectivity index (χ3v) is 1.87. The summed E-state index contributed by atoms with van der Waals surface area (Å²) >= 11 is 4.04. The summed E-state index contributed by atoms with van der Waals surface area (Å²) in [5.41, 5.74) is 6.62. The Labute approximate surface area is 82.9 Å². The fourth-order valence-electron chi connectivity index (χ4n) is 0.975. The van der Waals surface area contributed by atoms with Gasteiger partial charge in [-0.3, -0.25) is 0 Å². The minimum absolute atomic E-state index is 0.246. The Kier molecular flexibility index (Phi) is 3.83. The minimum Gasteiger partial charge on any atom is -0.399 e. The SMILES string of the molecule is Nc1ccc(F)c(C=CCCS)c1. The zero-order chi connectivity index (χ0) is 9.68. The van der Waals surface area contributed by atoms with Crippen LogP contribution in [0.4, 0.5) is 10.1 Å². The maximum absolute atomic E-state index is 13.1. The van der Waals surface area contributed by atoms with Crippen molar-refractivity contribution < 1.29 is 4.39 Å². The maximum Gasteiger partial charge on any atom is 0.130 e. The minimum atomic E-state index is -0.246. The number of hydrogen-bond acceptors (Lipinski definition) is 2. The van der Waals surface area contributed by atoms with E-state index < -0.39 is 0 Å². The second kappa shape index (κ2) is 4.92. The molecule has 2 N–H and O–H groups in total. The van der Waals surface area contributed by atoms with Crippen LogP contribution in [0.5, 0.6) is 0 Å². The van der Waals surface area contributed by atoms with Crippen molar-refractivity contribution in [2.45, 2.75) is 6.42 Å². The van der Waals surface area contributed by atoms with Crippen LogP contribution in [0.3, 0.4) is 0 Å². The van der Waals surface area contributed by atoms with Crippen LogP contribution in [0.1, 0.15) is 12.0 Å². The standard InChI is InChI=1S/C10H12FNS/c11-10-5-4-9(12)7-8(10)3-1-2-6-13/h1,3-5,7,13H,2,6,12H2. The molecule has 0 radical (unpaired) electrons. The smallest absolute Gasteiger partial charge is 0.130 e. The summed E-state index contributed by atoms with van der Waals surface area (Å²) in [5.74, 6) is 0.519. The molecule has 0 heterocycles. The second-order valence-corrected chi connectivity index (χ2v) is 3.14. The fraction of sp³-hybridized carbons (Fsp3) is 0.200. The van der Waals surface area contributed by atoms with E-state index in [0.717, 1.165) is 12.2 Å². The van der Waals surface area contributed by atoms with Crippen molar-refractivity contribution in [3.63, 3.8) is 0 Å². The zero-order valence-electron chi connectivity index (χ0n) is 7.20. The van der Waals surface area contributed by atoms with Crippen LogP contribution in [0.25, 0.3) is 6.08 Å². The average Bonchev–Trinajstić information content (AvgIpc) is 2.11. The Bertz CT molecular complexity index is 310. The molecule has 0 atom stereocenters.